The third-order valence-electron chi connectivity index (χ3n) is 0.953. The summed E-state index contributed by atoms with van der Waals surface area (Å²) in [4.78, 5) is 20.1. The molecular weight excluding hydrogens is 156 g/mol. The molecule has 4 nitrogen and oxygen atoms in total. The Balaban J connectivity index is 4.05. The molecule has 0 spiro atoms. The molecule has 0 aliphatic heterocycles. The molecule has 0 aliphatic carbocycles. The van der Waals surface area contributed by atoms with Gasteiger partial charge in [0.15, 0.2) is 6.29 Å². The van der Waals surface area contributed by atoms with Gasteiger partial charge >= 0.3 is 0 Å². The Morgan fingerprint density at radius 3 is 2.75 bits per heavy atom. The number of rotatable bonds is 5. The second-order valence-corrected chi connectivity index (χ2v) is 1.80. The summed E-state index contributed by atoms with van der Waals surface area (Å²) in [6.07, 6.45) is 5.08. The van der Waals surface area contributed by atoms with E-state index in [9.17, 15) is 9.59 Å². The second-order valence-electron chi connectivity index (χ2n) is 1.80. The lowest BCUT2D eigenvalue weighted by atomic mass is 10.3. The van der Waals surface area contributed by atoms with Crippen LogP contribution in [0.3, 0.4) is 0 Å². The summed E-state index contributed by atoms with van der Waals surface area (Å²) in [6, 6.07) is 1.84. The first kappa shape index (κ1) is 10.1. The van der Waals surface area contributed by atoms with E-state index in [1.807, 2.05) is 6.07 Å². The van der Waals surface area contributed by atoms with Gasteiger partial charge in [0.25, 0.3) is 0 Å². The molecule has 0 fully saturated rings. The summed E-state index contributed by atoms with van der Waals surface area (Å²) in [6.45, 7) is 0.131. The predicted octanol–water partition coefficient (Wildman–Crippen LogP) is -0.0625. The van der Waals surface area contributed by atoms with E-state index in [0.717, 1.165) is 0 Å². The van der Waals surface area contributed by atoms with Crippen molar-refractivity contribution in [3.05, 3.63) is 23.9 Å². The van der Waals surface area contributed by atoms with Crippen molar-refractivity contribution in [1.29, 1.82) is 5.26 Å². The first-order valence-electron chi connectivity index (χ1n) is 3.22. The Morgan fingerprint density at radius 1 is 1.50 bits per heavy atom. The zero-order chi connectivity index (χ0) is 9.23. The summed E-state index contributed by atoms with van der Waals surface area (Å²) in [5, 5.41) is 10.7. The lowest BCUT2D eigenvalue weighted by molar-refractivity contribution is -0.104. The number of allylic oxidation sites excluding steroid dienone is 3. The number of carbonyl (C=O) groups is 2. The number of aldehydes is 2. The maximum atomic E-state index is 10.2. The lowest BCUT2D eigenvalue weighted by Gasteiger charge is -1.91. The quantitative estimate of drug-likeness (QED) is 0.203. The van der Waals surface area contributed by atoms with Crippen LogP contribution >= 0.6 is 0 Å². The number of nitrogens with one attached hydrogen (secondary N) is 1. The monoisotopic (exact) mass is 164 g/mol. The highest BCUT2D eigenvalue weighted by atomic mass is 16.1. The van der Waals surface area contributed by atoms with E-state index in [1.54, 1.807) is 0 Å². The summed E-state index contributed by atoms with van der Waals surface area (Å²) < 4.78 is 0. The third kappa shape index (κ3) is 4.94. The Hall–Kier alpha value is -1.89. The zero-order valence-electron chi connectivity index (χ0n) is 6.36. The Bertz CT molecular complexity index is 248. The molecule has 0 aromatic carbocycles. The van der Waals surface area contributed by atoms with E-state index in [0.29, 0.717) is 18.1 Å². The molecule has 0 aromatic rings. The lowest BCUT2D eigenvalue weighted by Crippen LogP contribution is -2.05. The fraction of sp³-hybridized carbons (Fsp3) is 0.125. The highest BCUT2D eigenvalue weighted by Crippen LogP contribution is 1.88. The molecule has 0 rings (SSSR count). The van der Waals surface area contributed by atoms with Crippen molar-refractivity contribution in [2.75, 3.05) is 6.54 Å². The Kier molecular flexibility index (Phi) is 6.08. The molecule has 4 heteroatoms. The van der Waals surface area contributed by atoms with Crippen LogP contribution in [-0.2, 0) is 9.59 Å². The molecule has 1 N–H and O–H groups in total. The van der Waals surface area contributed by atoms with Gasteiger partial charge in [-0.2, -0.15) is 5.26 Å². The SMILES string of the molecule is N#CCN/C=C(C=O)\C=C/C=O. The van der Waals surface area contributed by atoms with Gasteiger partial charge in [-0.25, -0.2) is 0 Å². The van der Waals surface area contributed by atoms with Gasteiger partial charge in [0.1, 0.15) is 12.8 Å². The first-order chi connectivity index (χ1) is 5.85. The van der Waals surface area contributed by atoms with Crippen molar-refractivity contribution in [1.82, 2.24) is 5.32 Å². The van der Waals surface area contributed by atoms with Gasteiger partial charge in [0, 0.05) is 11.8 Å². The fourth-order valence-electron chi connectivity index (χ4n) is 0.486. The van der Waals surface area contributed by atoms with Crippen LogP contribution < -0.4 is 5.32 Å². The highest BCUT2D eigenvalue weighted by molar-refractivity contribution is 5.79. The van der Waals surface area contributed by atoms with E-state index in [2.05, 4.69) is 5.32 Å². The average Bonchev–Trinajstić information content (AvgIpc) is 2.11. The van der Waals surface area contributed by atoms with Crippen molar-refractivity contribution < 1.29 is 9.59 Å². The highest BCUT2D eigenvalue weighted by Gasteiger charge is 1.85. The van der Waals surface area contributed by atoms with Crippen LogP contribution in [0.15, 0.2) is 23.9 Å². The Labute approximate surface area is 70.2 Å². The Morgan fingerprint density at radius 2 is 2.25 bits per heavy atom. The maximum Gasteiger partial charge on any atom is 0.151 e. The van der Waals surface area contributed by atoms with Crippen LogP contribution in [0.5, 0.6) is 0 Å². The molecule has 0 saturated heterocycles. The predicted molar refractivity (Wildman–Crippen MR) is 43.0 cm³/mol. The van der Waals surface area contributed by atoms with Gasteiger partial charge in [-0.3, -0.25) is 9.59 Å². The normalized spacial score (nSPS) is 10.8. The van der Waals surface area contributed by atoms with Crippen LogP contribution in [-0.4, -0.2) is 19.1 Å². The summed E-state index contributed by atoms with van der Waals surface area (Å²) in [5.41, 5.74) is 0.317. The van der Waals surface area contributed by atoms with E-state index >= 15 is 0 Å². The van der Waals surface area contributed by atoms with Gasteiger partial charge < -0.3 is 5.32 Å². The summed E-state index contributed by atoms with van der Waals surface area (Å²) in [5.74, 6) is 0. The molecular formula is C8H8N2O2. The molecule has 12 heavy (non-hydrogen) atoms. The van der Waals surface area contributed by atoms with Crippen molar-refractivity contribution >= 4 is 12.6 Å². The van der Waals surface area contributed by atoms with Crippen LogP contribution in [0, 0.1) is 11.3 Å². The van der Waals surface area contributed by atoms with E-state index in [1.165, 1.54) is 18.4 Å². The molecule has 62 valence electrons. The van der Waals surface area contributed by atoms with Crippen LogP contribution in [0.1, 0.15) is 0 Å². The maximum absolute atomic E-state index is 10.2. The second kappa shape index (κ2) is 7.22. The molecule has 0 aliphatic rings. The zero-order valence-corrected chi connectivity index (χ0v) is 6.36. The smallest absolute Gasteiger partial charge is 0.151 e. The first-order valence-corrected chi connectivity index (χ1v) is 3.22. The van der Waals surface area contributed by atoms with Gasteiger partial charge in [-0.05, 0) is 12.2 Å². The molecule has 0 atom stereocenters. The van der Waals surface area contributed by atoms with Crippen LogP contribution in [0.2, 0.25) is 0 Å². The number of carbonyl (C=O) groups excluding carboxylic acids is 2. The van der Waals surface area contributed by atoms with Gasteiger partial charge in [-0.1, -0.05) is 0 Å². The minimum atomic E-state index is 0.131. The van der Waals surface area contributed by atoms with E-state index in [4.69, 9.17) is 5.26 Å². The van der Waals surface area contributed by atoms with Crippen molar-refractivity contribution in [3.8, 4) is 6.07 Å². The molecule has 0 heterocycles. The molecule has 0 amide bonds. The summed E-state index contributed by atoms with van der Waals surface area (Å²) in [7, 11) is 0. The molecule has 0 aromatic heterocycles. The minimum absolute atomic E-state index is 0.131. The van der Waals surface area contributed by atoms with Gasteiger partial charge in [0.05, 0.1) is 6.07 Å². The number of hydrogen-bond acceptors (Lipinski definition) is 4. The standard InChI is InChI=1S/C8H8N2O2/c9-3-4-10-6-8(7-12)2-1-5-11/h1-2,5-7,10H,4H2/b2-1-,8-6+. The number of nitrogens with zero attached hydrogens (tertiary/aromatic N) is 1. The molecule has 0 radical (unpaired) electrons. The number of nitriles is 1. The van der Waals surface area contributed by atoms with Crippen LogP contribution in [0.4, 0.5) is 0 Å². The summed E-state index contributed by atoms with van der Waals surface area (Å²) >= 11 is 0. The van der Waals surface area contributed by atoms with Crippen molar-refractivity contribution in [2.45, 2.75) is 0 Å². The average molecular weight is 164 g/mol. The van der Waals surface area contributed by atoms with Crippen molar-refractivity contribution in [3.63, 3.8) is 0 Å². The minimum Gasteiger partial charge on any atom is -0.378 e. The fourth-order valence-corrected chi connectivity index (χ4v) is 0.486. The number of hydrogen-bond donors (Lipinski definition) is 1. The molecule has 0 bridgehead atoms. The van der Waals surface area contributed by atoms with Crippen molar-refractivity contribution in [2.24, 2.45) is 0 Å². The van der Waals surface area contributed by atoms with Crippen LogP contribution in [0.25, 0.3) is 0 Å². The molecule has 0 unspecified atom stereocenters. The third-order valence-corrected chi connectivity index (χ3v) is 0.953. The molecule has 0 saturated carbocycles. The van der Waals surface area contributed by atoms with Gasteiger partial charge in [-0.15, -0.1) is 0 Å². The van der Waals surface area contributed by atoms with E-state index < -0.39 is 0 Å². The largest absolute Gasteiger partial charge is 0.378 e. The topological polar surface area (TPSA) is 70.0 Å². The van der Waals surface area contributed by atoms with Gasteiger partial charge in [0.2, 0.25) is 0 Å². The van der Waals surface area contributed by atoms with E-state index in [-0.39, 0.29) is 6.54 Å².